The van der Waals surface area contributed by atoms with E-state index in [9.17, 15) is 15.0 Å². The highest BCUT2D eigenvalue weighted by Gasteiger charge is 2.19. The van der Waals surface area contributed by atoms with Crippen LogP contribution in [0.2, 0.25) is 0 Å². The molecule has 0 saturated heterocycles. The van der Waals surface area contributed by atoms with Crippen molar-refractivity contribution in [1.29, 1.82) is 0 Å². The summed E-state index contributed by atoms with van der Waals surface area (Å²) < 4.78 is 6.78. The van der Waals surface area contributed by atoms with Crippen molar-refractivity contribution in [3.05, 3.63) is 41.6 Å². The normalized spacial score (nSPS) is 10.8. The molecule has 0 unspecified atom stereocenters. The highest BCUT2D eigenvalue weighted by molar-refractivity contribution is 7.79. The number of nitrogens with zero attached hydrogens (tertiary/aromatic N) is 1. The fourth-order valence-corrected chi connectivity index (χ4v) is 3.71. The molecule has 2 N–H and O–H groups in total. The zero-order valence-corrected chi connectivity index (χ0v) is 18.6. The van der Waals surface area contributed by atoms with Crippen LogP contribution in [0.1, 0.15) is 87.1 Å². The van der Waals surface area contributed by atoms with Crippen molar-refractivity contribution in [2.75, 3.05) is 6.61 Å². The van der Waals surface area contributed by atoms with E-state index in [2.05, 4.69) is 6.92 Å². The molecule has 0 fully saturated rings. The average Bonchev–Trinajstić information content (AvgIpc) is 3.04. The summed E-state index contributed by atoms with van der Waals surface area (Å²) in [4.78, 5) is 12.6. The number of thiocarbonyl (C=S) groups is 1. The van der Waals surface area contributed by atoms with Gasteiger partial charge in [0.25, 0.3) is 0 Å². The van der Waals surface area contributed by atoms with Crippen LogP contribution in [0.15, 0.2) is 30.5 Å². The Morgan fingerprint density at radius 2 is 1.60 bits per heavy atom. The number of aromatic nitrogens is 1. The lowest BCUT2D eigenvalue weighted by Gasteiger charge is -2.11. The van der Waals surface area contributed by atoms with Gasteiger partial charge in [-0.1, -0.05) is 89.1 Å². The Hall–Kier alpha value is -2.34. The van der Waals surface area contributed by atoms with E-state index in [0.29, 0.717) is 17.9 Å². The molecule has 2 aromatic rings. The van der Waals surface area contributed by atoms with Gasteiger partial charge in [-0.25, -0.2) is 4.79 Å². The Morgan fingerprint density at radius 3 is 2.20 bits per heavy atom. The maximum absolute atomic E-state index is 12.6. The average molecular weight is 432 g/mol. The number of unbranched alkanes of at least 4 members (excludes halogenated alkanes) is 9. The third-order valence-electron chi connectivity index (χ3n) is 5.23. The number of aromatic hydroxyl groups is 2. The Morgan fingerprint density at radius 1 is 1.00 bits per heavy atom. The molecule has 0 aliphatic rings. The summed E-state index contributed by atoms with van der Waals surface area (Å²) in [5.41, 5.74) is 0.908. The second kappa shape index (κ2) is 13.1. The van der Waals surface area contributed by atoms with Crippen LogP contribution in [0.25, 0.3) is 5.69 Å². The molecule has 0 bridgehead atoms. The Kier molecular flexibility index (Phi) is 10.4. The second-order valence-electron chi connectivity index (χ2n) is 7.57. The smallest absolute Gasteiger partial charge is 0.340 e. The third-order valence-corrected chi connectivity index (χ3v) is 5.46. The zero-order valence-electron chi connectivity index (χ0n) is 17.8. The van der Waals surface area contributed by atoms with Crippen LogP contribution in [0.5, 0.6) is 11.6 Å². The molecule has 0 amide bonds. The van der Waals surface area contributed by atoms with Gasteiger partial charge in [0.05, 0.1) is 29.6 Å². The topological polar surface area (TPSA) is 71.7 Å². The van der Waals surface area contributed by atoms with Gasteiger partial charge < -0.3 is 14.9 Å². The molecule has 0 radical (unpaired) electrons. The number of hydrogen-bond acceptors (Lipinski definition) is 5. The van der Waals surface area contributed by atoms with E-state index in [1.807, 2.05) is 0 Å². The molecule has 1 aromatic carbocycles. The fraction of sp³-hybridized carbons (Fsp3) is 0.500. The van der Waals surface area contributed by atoms with Crippen molar-refractivity contribution in [2.45, 2.75) is 71.1 Å². The van der Waals surface area contributed by atoms with Gasteiger partial charge in [-0.15, -0.1) is 0 Å². The van der Waals surface area contributed by atoms with E-state index >= 15 is 0 Å². The summed E-state index contributed by atoms with van der Waals surface area (Å²) in [5.74, 6) is -0.800. The monoisotopic (exact) mass is 431 g/mol. The van der Waals surface area contributed by atoms with E-state index in [1.54, 1.807) is 24.3 Å². The molecule has 1 heterocycles. The SMILES string of the molecule is CCCCCCCCCCCCOC(=O)c1ccccc1-n1cc(O)c(C=S)c1O. The van der Waals surface area contributed by atoms with Gasteiger partial charge in [0.1, 0.15) is 5.75 Å². The van der Waals surface area contributed by atoms with Crippen molar-refractivity contribution >= 4 is 23.6 Å². The number of benzene rings is 1. The van der Waals surface area contributed by atoms with Crippen LogP contribution in [-0.2, 0) is 4.74 Å². The molecule has 6 heteroatoms. The van der Waals surface area contributed by atoms with Crippen molar-refractivity contribution in [3.8, 4) is 17.3 Å². The Labute approximate surface area is 184 Å². The molecule has 30 heavy (non-hydrogen) atoms. The molecule has 2 rings (SSSR count). The largest absolute Gasteiger partial charge is 0.506 e. The summed E-state index contributed by atoms with van der Waals surface area (Å²) >= 11 is 4.82. The zero-order chi connectivity index (χ0) is 21.8. The lowest BCUT2D eigenvalue weighted by Crippen LogP contribution is -2.10. The van der Waals surface area contributed by atoms with Gasteiger partial charge in [-0.2, -0.15) is 0 Å². The molecule has 164 valence electrons. The lowest BCUT2D eigenvalue weighted by molar-refractivity contribution is 0.0497. The van der Waals surface area contributed by atoms with E-state index in [0.717, 1.165) is 12.8 Å². The number of hydrogen-bond donors (Lipinski definition) is 2. The van der Waals surface area contributed by atoms with E-state index in [1.165, 1.54) is 67.5 Å². The third kappa shape index (κ3) is 6.87. The fourth-order valence-electron chi connectivity index (χ4n) is 3.48. The highest BCUT2D eigenvalue weighted by atomic mass is 32.1. The molecule has 0 spiro atoms. The Balaban J connectivity index is 1.79. The van der Waals surface area contributed by atoms with Crippen LogP contribution in [-0.4, -0.2) is 32.7 Å². The predicted molar refractivity (Wildman–Crippen MR) is 124 cm³/mol. The highest BCUT2D eigenvalue weighted by Crippen LogP contribution is 2.32. The number of rotatable bonds is 14. The van der Waals surface area contributed by atoms with Crippen LogP contribution in [0.4, 0.5) is 0 Å². The van der Waals surface area contributed by atoms with Gasteiger partial charge in [0, 0.05) is 5.37 Å². The van der Waals surface area contributed by atoms with Crippen LogP contribution in [0.3, 0.4) is 0 Å². The standard InChI is InChI=1S/C24H33NO4S/c1-2-3-4-5-6-7-8-9-10-13-16-29-24(28)19-14-11-12-15-21(19)25-17-22(26)20(18-30)23(25)27/h11-12,14-15,17-18,26-27H,2-10,13,16H2,1H3. The second-order valence-corrected chi connectivity index (χ2v) is 7.81. The van der Waals surface area contributed by atoms with Crippen molar-refractivity contribution in [1.82, 2.24) is 4.57 Å². The first kappa shape index (κ1) is 23.9. The molecular formula is C24H33NO4S. The summed E-state index contributed by atoms with van der Waals surface area (Å²) in [5, 5.41) is 21.4. The van der Waals surface area contributed by atoms with Crippen LogP contribution >= 0.6 is 12.2 Å². The first-order valence-electron chi connectivity index (χ1n) is 10.9. The molecule has 5 nitrogen and oxygen atoms in total. The summed E-state index contributed by atoms with van der Waals surface area (Å²) in [6, 6.07) is 6.82. The number of esters is 1. The molecule has 1 aromatic heterocycles. The maximum Gasteiger partial charge on any atom is 0.340 e. The van der Waals surface area contributed by atoms with Crippen LogP contribution < -0.4 is 0 Å². The van der Waals surface area contributed by atoms with Crippen LogP contribution in [0, 0.1) is 0 Å². The van der Waals surface area contributed by atoms with E-state index < -0.39 is 5.97 Å². The maximum atomic E-state index is 12.6. The molecule has 0 atom stereocenters. The summed E-state index contributed by atoms with van der Waals surface area (Å²) in [7, 11) is 0. The molecule has 0 aliphatic heterocycles. The summed E-state index contributed by atoms with van der Waals surface area (Å²) in [6.07, 6.45) is 13.5. The molecular weight excluding hydrogens is 398 g/mol. The van der Waals surface area contributed by atoms with E-state index in [4.69, 9.17) is 17.0 Å². The van der Waals surface area contributed by atoms with Crippen molar-refractivity contribution < 1.29 is 19.7 Å². The van der Waals surface area contributed by atoms with Crippen molar-refractivity contribution in [2.24, 2.45) is 0 Å². The van der Waals surface area contributed by atoms with Crippen molar-refractivity contribution in [3.63, 3.8) is 0 Å². The minimum Gasteiger partial charge on any atom is -0.506 e. The quantitative estimate of drug-likeness (QED) is 0.208. The predicted octanol–water partition coefficient (Wildman–Crippen LogP) is 6.31. The number of ether oxygens (including phenoxy) is 1. The number of carbonyl (C=O) groups excluding carboxylic acids is 1. The first-order chi connectivity index (χ1) is 14.6. The van der Waals surface area contributed by atoms with Gasteiger partial charge >= 0.3 is 5.97 Å². The van der Waals surface area contributed by atoms with Gasteiger partial charge in [0.2, 0.25) is 5.88 Å². The lowest BCUT2D eigenvalue weighted by atomic mass is 10.1. The summed E-state index contributed by atoms with van der Waals surface area (Å²) in [6.45, 7) is 2.61. The minimum atomic E-state index is -0.446. The number of para-hydroxylation sites is 1. The van der Waals surface area contributed by atoms with Gasteiger partial charge in [-0.3, -0.25) is 4.57 Å². The minimum absolute atomic E-state index is 0.143. The Bertz CT molecular complexity index is 816. The molecule has 0 saturated carbocycles. The van der Waals surface area contributed by atoms with Gasteiger partial charge in [0.15, 0.2) is 0 Å². The van der Waals surface area contributed by atoms with E-state index in [-0.39, 0.29) is 17.2 Å². The van der Waals surface area contributed by atoms with Gasteiger partial charge in [-0.05, 0) is 18.6 Å². The number of carbonyl (C=O) groups is 1. The first-order valence-corrected chi connectivity index (χ1v) is 11.4. The molecule has 0 aliphatic carbocycles.